The highest BCUT2D eigenvalue weighted by atomic mass is 35.5. The summed E-state index contributed by atoms with van der Waals surface area (Å²) in [4.78, 5) is 29.2. The van der Waals surface area contributed by atoms with Gasteiger partial charge in [0.25, 0.3) is 11.8 Å². The summed E-state index contributed by atoms with van der Waals surface area (Å²) in [5.41, 5.74) is 0.697. The van der Waals surface area contributed by atoms with Gasteiger partial charge in [-0.1, -0.05) is 40.9 Å². The van der Waals surface area contributed by atoms with Crippen molar-refractivity contribution in [3.8, 4) is 0 Å². The van der Waals surface area contributed by atoms with Crippen molar-refractivity contribution < 1.29 is 9.59 Å². The third-order valence-electron chi connectivity index (χ3n) is 3.56. The van der Waals surface area contributed by atoms with E-state index in [-0.39, 0.29) is 21.8 Å². The van der Waals surface area contributed by atoms with Crippen molar-refractivity contribution >= 4 is 58.1 Å². The van der Waals surface area contributed by atoms with Gasteiger partial charge in [0.05, 0.1) is 21.8 Å². The van der Waals surface area contributed by atoms with Gasteiger partial charge >= 0.3 is 0 Å². The molecule has 2 N–H and O–H groups in total. The van der Waals surface area contributed by atoms with E-state index in [2.05, 4.69) is 15.6 Å². The number of pyridine rings is 1. The number of aromatic nitrogens is 1. The lowest BCUT2D eigenvalue weighted by molar-refractivity contribution is 0.102. The van der Waals surface area contributed by atoms with Gasteiger partial charge in [0, 0.05) is 16.2 Å². The minimum absolute atomic E-state index is 0.187. The van der Waals surface area contributed by atoms with Crippen LogP contribution in [0.3, 0.4) is 0 Å². The molecule has 0 aliphatic carbocycles. The van der Waals surface area contributed by atoms with Crippen molar-refractivity contribution in [3.63, 3.8) is 0 Å². The van der Waals surface area contributed by atoms with Crippen molar-refractivity contribution in [2.75, 3.05) is 10.6 Å². The summed E-state index contributed by atoms with van der Waals surface area (Å²) in [6.07, 6.45) is 1.55. The maximum absolute atomic E-state index is 12.6. The number of anilines is 2. The fraction of sp³-hybridized carbons (Fsp3) is 0. The summed E-state index contributed by atoms with van der Waals surface area (Å²) in [5, 5.41) is 6.30. The number of nitrogens with one attached hydrogen (secondary N) is 2. The van der Waals surface area contributed by atoms with Gasteiger partial charge < -0.3 is 10.6 Å². The standard InChI is InChI=1S/C19H12Cl3N3O2/c20-11-5-7-16(24-18(26)13-6-4-12(21)10-15(13)22)14(9-11)19(27)25-17-3-1-2-8-23-17/h1-10H,(H,24,26)(H,23,25,27). The lowest BCUT2D eigenvalue weighted by Crippen LogP contribution is -2.19. The molecule has 27 heavy (non-hydrogen) atoms. The highest BCUT2D eigenvalue weighted by molar-refractivity contribution is 6.37. The van der Waals surface area contributed by atoms with Crippen LogP contribution in [0.25, 0.3) is 0 Å². The van der Waals surface area contributed by atoms with Crippen molar-refractivity contribution in [1.82, 2.24) is 4.98 Å². The summed E-state index contributed by atoms with van der Waals surface area (Å²) < 4.78 is 0. The Kier molecular flexibility index (Phi) is 5.96. The fourth-order valence-corrected chi connectivity index (χ4v) is 2.96. The molecule has 136 valence electrons. The van der Waals surface area contributed by atoms with Gasteiger partial charge in [0.15, 0.2) is 0 Å². The second-order valence-electron chi connectivity index (χ2n) is 5.44. The van der Waals surface area contributed by atoms with Crippen LogP contribution in [0.15, 0.2) is 60.8 Å². The van der Waals surface area contributed by atoms with E-state index in [4.69, 9.17) is 34.8 Å². The first-order valence-corrected chi connectivity index (χ1v) is 8.86. The normalized spacial score (nSPS) is 10.3. The molecule has 5 nitrogen and oxygen atoms in total. The molecule has 3 aromatic rings. The van der Waals surface area contributed by atoms with Crippen LogP contribution >= 0.6 is 34.8 Å². The molecule has 0 unspecified atom stereocenters. The molecule has 0 radical (unpaired) electrons. The largest absolute Gasteiger partial charge is 0.321 e. The Balaban J connectivity index is 1.87. The Hall–Kier alpha value is -2.60. The molecule has 0 saturated heterocycles. The Morgan fingerprint density at radius 1 is 0.778 bits per heavy atom. The maximum atomic E-state index is 12.6. The second kappa shape index (κ2) is 8.39. The van der Waals surface area contributed by atoms with Gasteiger partial charge in [-0.05, 0) is 48.5 Å². The molecule has 0 bridgehead atoms. The van der Waals surface area contributed by atoms with Crippen LogP contribution in [-0.4, -0.2) is 16.8 Å². The summed E-state index contributed by atoms with van der Waals surface area (Å²) in [6, 6.07) is 14.2. The minimum atomic E-state index is -0.481. The summed E-state index contributed by atoms with van der Waals surface area (Å²) in [5.74, 6) is -0.569. The number of carbonyl (C=O) groups is 2. The number of carbonyl (C=O) groups excluding carboxylic acids is 2. The number of amides is 2. The van der Waals surface area contributed by atoms with Crippen LogP contribution < -0.4 is 10.6 Å². The third kappa shape index (κ3) is 4.77. The van der Waals surface area contributed by atoms with E-state index < -0.39 is 11.8 Å². The molecule has 0 saturated carbocycles. The molecule has 0 spiro atoms. The van der Waals surface area contributed by atoms with Crippen molar-refractivity contribution in [2.24, 2.45) is 0 Å². The van der Waals surface area contributed by atoms with Gasteiger partial charge in [-0.2, -0.15) is 0 Å². The molecule has 8 heteroatoms. The van der Waals surface area contributed by atoms with Crippen molar-refractivity contribution in [1.29, 1.82) is 0 Å². The lowest BCUT2D eigenvalue weighted by atomic mass is 10.1. The first-order chi connectivity index (χ1) is 12.9. The van der Waals surface area contributed by atoms with E-state index in [0.717, 1.165) is 0 Å². The number of hydrogen-bond acceptors (Lipinski definition) is 3. The Bertz CT molecular complexity index is 1010. The van der Waals surface area contributed by atoms with E-state index in [1.165, 1.54) is 24.3 Å². The minimum Gasteiger partial charge on any atom is -0.321 e. The Labute approximate surface area is 170 Å². The first-order valence-electron chi connectivity index (χ1n) is 7.72. The molecular weight excluding hydrogens is 409 g/mol. The molecular formula is C19H12Cl3N3O2. The monoisotopic (exact) mass is 419 g/mol. The van der Waals surface area contributed by atoms with Crippen LogP contribution in [0.5, 0.6) is 0 Å². The molecule has 0 aliphatic heterocycles. The van der Waals surface area contributed by atoms with E-state index in [1.54, 1.807) is 36.5 Å². The van der Waals surface area contributed by atoms with Gasteiger partial charge in [-0.3, -0.25) is 9.59 Å². The van der Waals surface area contributed by atoms with Crippen LogP contribution in [0.2, 0.25) is 15.1 Å². The average Bonchev–Trinajstić information content (AvgIpc) is 2.63. The molecule has 0 aliphatic rings. The van der Waals surface area contributed by atoms with Gasteiger partial charge in [0.1, 0.15) is 5.82 Å². The van der Waals surface area contributed by atoms with Crippen LogP contribution in [0.1, 0.15) is 20.7 Å². The molecule has 0 fully saturated rings. The van der Waals surface area contributed by atoms with E-state index in [1.807, 2.05) is 0 Å². The first kappa shape index (κ1) is 19.2. The van der Waals surface area contributed by atoms with Crippen LogP contribution in [-0.2, 0) is 0 Å². The zero-order chi connectivity index (χ0) is 19.4. The zero-order valence-electron chi connectivity index (χ0n) is 13.7. The van der Waals surface area contributed by atoms with E-state index in [9.17, 15) is 9.59 Å². The number of benzene rings is 2. The van der Waals surface area contributed by atoms with Crippen LogP contribution in [0, 0.1) is 0 Å². The predicted molar refractivity (Wildman–Crippen MR) is 108 cm³/mol. The van der Waals surface area contributed by atoms with Crippen molar-refractivity contribution in [3.05, 3.63) is 87.0 Å². The topological polar surface area (TPSA) is 71.1 Å². The number of rotatable bonds is 4. The fourth-order valence-electron chi connectivity index (χ4n) is 2.30. The second-order valence-corrected chi connectivity index (χ2v) is 6.72. The maximum Gasteiger partial charge on any atom is 0.258 e. The summed E-state index contributed by atoms with van der Waals surface area (Å²) >= 11 is 17.9. The van der Waals surface area contributed by atoms with Crippen molar-refractivity contribution in [2.45, 2.75) is 0 Å². The summed E-state index contributed by atoms with van der Waals surface area (Å²) in [7, 11) is 0. The molecule has 1 aromatic heterocycles. The molecule has 2 aromatic carbocycles. The highest BCUT2D eigenvalue weighted by Crippen LogP contribution is 2.25. The SMILES string of the molecule is O=C(Nc1ccc(Cl)cc1C(=O)Nc1ccccn1)c1ccc(Cl)cc1Cl. The zero-order valence-corrected chi connectivity index (χ0v) is 15.9. The number of nitrogens with zero attached hydrogens (tertiary/aromatic N) is 1. The van der Waals surface area contributed by atoms with E-state index in [0.29, 0.717) is 15.9 Å². The van der Waals surface area contributed by atoms with Gasteiger partial charge in [0.2, 0.25) is 0 Å². The van der Waals surface area contributed by atoms with Gasteiger partial charge in [-0.15, -0.1) is 0 Å². The van der Waals surface area contributed by atoms with Gasteiger partial charge in [-0.25, -0.2) is 4.98 Å². The summed E-state index contributed by atoms with van der Waals surface area (Å²) in [6.45, 7) is 0. The molecule has 3 rings (SSSR count). The molecule has 2 amide bonds. The van der Waals surface area contributed by atoms with Crippen LogP contribution in [0.4, 0.5) is 11.5 Å². The Morgan fingerprint density at radius 3 is 2.19 bits per heavy atom. The smallest absolute Gasteiger partial charge is 0.258 e. The lowest BCUT2D eigenvalue weighted by Gasteiger charge is -2.12. The number of halogens is 3. The Morgan fingerprint density at radius 2 is 1.48 bits per heavy atom. The quantitative estimate of drug-likeness (QED) is 0.581. The molecule has 1 heterocycles. The third-order valence-corrected chi connectivity index (χ3v) is 4.34. The van der Waals surface area contributed by atoms with E-state index >= 15 is 0 Å². The average molecular weight is 421 g/mol. The predicted octanol–water partition coefficient (Wildman–Crippen LogP) is 5.55. The highest BCUT2D eigenvalue weighted by Gasteiger charge is 2.17. The molecule has 0 atom stereocenters. The number of hydrogen-bond donors (Lipinski definition) is 2.